The second kappa shape index (κ2) is 5.87. The van der Waals surface area contributed by atoms with Crippen molar-refractivity contribution in [3.63, 3.8) is 0 Å². The highest BCUT2D eigenvalue weighted by molar-refractivity contribution is 5.55. The lowest BCUT2D eigenvalue weighted by Crippen LogP contribution is -2.15. The molecule has 3 rings (SSSR count). The van der Waals surface area contributed by atoms with Gasteiger partial charge in [0.1, 0.15) is 0 Å². The van der Waals surface area contributed by atoms with Crippen LogP contribution in [0.1, 0.15) is 18.9 Å². The molecule has 2 aromatic rings. The minimum atomic E-state index is 0.322. The fourth-order valence-corrected chi connectivity index (χ4v) is 2.37. The van der Waals surface area contributed by atoms with Crippen molar-refractivity contribution in [1.29, 1.82) is 0 Å². The first-order chi connectivity index (χ1) is 9.81. The summed E-state index contributed by atoms with van der Waals surface area (Å²) in [7, 11) is 0. The maximum atomic E-state index is 5.39. The van der Waals surface area contributed by atoms with Crippen LogP contribution in [0, 0.1) is 0 Å². The van der Waals surface area contributed by atoms with Crippen molar-refractivity contribution < 1.29 is 9.47 Å². The summed E-state index contributed by atoms with van der Waals surface area (Å²) >= 11 is 0. The summed E-state index contributed by atoms with van der Waals surface area (Å²) < 4.78 is 10.7. The molecule has 1 aliphatic heterocycles. The summed E-state index contributed by atoms with van der Waals surface area (Å²) in [5.74, 6) is 1.65. The van der Waals surface area contributed by atoms with Gasteiger partial charge in [0.05, 0.1) is 0 Å². The quantitative estimate of drug-likeness (QED) is 0.894. The molecule has 3 nitrogen and oxygen atoms in total. The first-order valence-electron chi connectivity index (χ1n) is 7.01. The maximum Gasteiger partial charge on any atom is 0.231 e. The third kappa shape index (κ3) is 3.05. The minimum Gasteiger partial charge on any atom is -0.454 e. The lowest BCUT2D eigenvalue weighted by molar-refractivity contribution is 0.174. The highest BCUT2D eigenvalue weighted by atomic mass is 16.7. The standard InChI is InChI=1S/C17H19NO2/c1-13(7-8-14-5-3-2-4-6-14)18-15-9-10-16-17(11-15)20-12-19-16/h2-6,9-11,13,18H,7-8,12H2,1H3. The van der Waals surface area contributed by atoms with Gasteiger partial charge in [-0.1, -0.05) is 30.3 Å². The number of rotatable bonds is 5. The number of benzene rings is 2. The Bertz CT molecular complexity index is 568. The molecular weight excluding hydrogens is 250 g/mol. The van der Waals surface area contributed by atoms with Crippen LogP contribution in [0.4, 0.5) is 5.69 Å². The van der Waals surface area contributed by atoms with E-state index in [1.54, 1.807) is 0 Å². The Morgan fingerprint density at radius 2 is 1.85 bits per heavy atom. The van der Waals surface area contributed by atoms with Crippen LogP contribution in [0.2, 0.25) is 0 Å². The summed E-state index contributed by atoms with van der Waals surface area (Å²) in [5.41, 5.74) is 2.46. The van der Waals surface area contributed by atoms with Crippen LogP contribution >= 0.6 is 0 Å². The molecule has 0 saturated heterocycles. The Morgan fingerprint density at radius 3 is 2.70 bits per heavy atom. The molecule has 20 heavy (non-hydrogen) atoms. The number of ether oxygens (including phenoxy) is 2. The molecule has 0 fully saturated rings. The monoisotopic (exact) mass is 269 g/mol. The Labute approximate surface area is 119 Å². The van der Waals surface area contributed by atoms with Gasteiger partial charge in [-0.05, 0) is 37.5 Å². The number of hydrogen-bond donors (Lipinski definition) is 1. The van der Waals surface area contributed by atoms with E-state index in [2.05, 4.69) is 42.6 Å². The maximum absolute atomic E-state index is 5.39. The smallest absolute Gasteiger partial charge is 0.231 e. The van der Waals surface area contributed by atoms with Gasteiger partial charge in [-0.25, -0.2) is 0 Å². The van der Waals surface area contributed by atoms with Gasteiger partial charge >= 0.3 is 0 Å². The average molecular weight is 269 g/mol. The second-order valence-electron chi connectivity index (χ2n) is 5.14. The largest absolute Gasteiger partial charge is 0.454 e. The van der Waals surface area contributed by atoms with Gasteiger partial charge in [-0.3, -0.25) is 0 Å². The average Bonchev–Trinajstić information content (AvgIpc) is 2.94. The molecule has 0 saturated carbocycles. The van der Waals surface area contributed by atoms with E-state index < -0.39 is 0 Å². The van der Waals surface area contributed by atoms with Crippen molar-refractivity contribution in [3.05, 3.63) is 54.1 Å². The van der Waals surface area contributed by atoms with Crippen LogP contribution < -0.4 is 14.8 Å². The Kier molecular flexibility index (Phi) is 3.77. The van der Waals surface area contributed by atoms with E-state index in [0.717, 1.165) is 30.0 Å². The summed E-state index contributed by atoms with van der Waals surface area (Å²) in [6.45, 7) is 2.52. The lowest BCUT2D eigenvalue weighted by Gasteiger charge is -2.15. The number of nitrogens with one attached hydrogen (secondary N) is 1. The van der Waals surface area contributed by atoms with Crippen LogP contribution in [0.5, 0.6) is 11.5 Å². The highest BCUT2D eigenvalue weighted by Gasteiger charge is 2.13. The van der Waals surface area contributed by atoms with Gasteiger partial charge in [0.25, 0.3) is 0 Å². The molecule has 1 aliphatic rings. The van der Waals surface area contributed by atoms with E-state index in [-0.39, 0.29) is 0 Å². The molecule has 0 aliphatic carbocycles. The number of fused-ring (bicyclic) bond motifs is 1. The lowest BCUT2D eigenvalue weighted by atomic mass is 10.1. The van der Waals surface area contributed by atoms with Crippen LogP contribution in [-0.2, 0) is 6.42 Å². The van der Waals surface area contributed by atoms with Crippen LogP contribution in [0.3, 0.4) is 0 Å². The highest BCUT2D eigenvalue weighted by Crippen LogP contribution is 2.34. The second-order valence-corrected chi connectivity index (χ2v) is 5.14. The molecule has 0 amide bonds. The molecule has 0 aromatic heterocycles. The summed E-state index contributed by atoms with van der Waals surface area (Å²) in [5, 5.41) is 3.51. The van der Waals surface area contributed by atoms with E-state index in [9.17, 15) is 0 Å². The van der Waals surface area contributed by atoms with E-state index in [1.807, 2.05) is 18.2 Å². The molecule has 2 aromatic carbocycles. The predicted molar refractivity (Wildman–Crippen MR) is 80.4 cm³/mol. The SMILES string of the molecule is CC(CCc1ccccc1)Nc1ccc2c(c1)OCO2. The molecule has 3 heteroatoms. The van der Waals surface area contributed by atoms with Crippen LogP contribution in [0.15, 0.2) is 48.5 Å². The molecule has 1 unspecified atom stereocenters. The Morgan fingerprint density at radius 1 is 1.05 bits per heavy atom. The topological polar surface area (TPSA) is 30.5 Å². The third-order valence-corrected chi connectivity index (χ3v) is 3.49. The first kappa shape index (κ1) is 12.9. The van der Waals surface area contributed by atoms with Crippen molar-refractivity contribution in [2.45, 2.75) is 25.8 Å². The molecule has 1 atom stereocenters. The van der Waals surface area contributed by atoms with E-state index in [0.29, 0.717) is 12.8 Å². The zero-order chi connectivity index (χ0) is 13.8. The third-order valence-electron chi connectivity index (χ3n) is 3.49. The molecule has 1 N–H and O–H groups in total. The molecular formula is C17H19NO2. The number of anilines is 1. The van der Waals surface area contributed by atoms with E-state index in [1.165, 1.54) is 5.56 Å². The van der Waals surface area contributed by atoms with Crippen molar-refractivity contribution in [3.8, 4) is 11.5 Å². The molecule has 0 bridgehead atoms. The van der Waals surface area contributed by atoms with Crippen molar-refractivity contribution in [2.75, 3.05) is 12.1 Å². The van der Waals surface area contributed by atoms with Gasteiger partial charge in [-0.2, -0.15) is 0 Å². The number of hydrogen-bond acceptors (Lipinski definition) is 3. The summed E-state index contributed by atoms with van der Waals surface area (Å²) in [4.78, 5) is 0. The van der Waals surface area contributed by atoms with Gasteiger partial charge in [0.2, 0.25) is 6.79 Å². The van der Waals surface area contributed by atoms with Crippen molar-refractivity contribution in [2.24, 2.45) is 0 Å². The van der Waals surface area contributed by atoms with Gasteiger partial charge in [0.15, 0.2) is 11.5 Å². The van der Waals surface area contributed by atoms with Crippen LogP contribution in [-0.4, -0.2) is 12.8 Å². The summed E-state index contributed by atoms with van der Waals surface area (Å²) in [6.07, 6.45) is 2.18. The zero-order valence-electron chi connectivity index (χ0n) is 11.6. The van der Waals surface area contributed by atoms with E-state index in [4.69, 9.17) is 9.47 Å². The zero-order valence-corrected chi connectivity index (χ0v) is 11.6. The fraction of sp³-hybridized carbons (Fsp3) is 0.294. The summed E-state index contributed by atoms with van der Waals surface area (Å²) in [6, 6.07) is 17.0. The molecule has 1 heterocycles. The normalized spacial score (nSPS) is 14.1. The Balaban J connectivity index is 1.55. The van der Waals surface area contributed by atoms with Gasteiger partial charge in [0, 0.05) is 17.8 Å². The molecule has 0 spiro atoms. The minimum absolute atomic E-state index is 0.322. The van der Waals surface area contributed by atoms with Gasteiger partial charge in [-0.15, -0.1) is 0 Å². The fourth-order valence-electron chi connectivity index (χ4n) is 2.37. The van der Waals surface area contributed by atoms with Crippen LogP contribution in [0.25, 0.3) is 0 Å². The number of aryl methyl sites for hydroxylation is 1. The van der Waals surface area contributed by atoms with Crippen molar-refractivity contribution in [1.82, 2.24) is 0 Å². The van der Waals surface area contributed by atoms with Gasteiger partial charge < -0.3 is 14.8 Å². The predicted octanol–water partition coefficient (Wildman–Crippen LogP) is 3.85. The van der Waals surface area contributed by atoms with E-state index >= 15 is 0 Å². The molecule has 104 valence electrons. The first-order valence-corrected chi connectivity index (χ1v) is 7.01. The van der Waals surface area contributed by atoms with Crippen molar-refractivity contribution >= 4 is 5.69 Å². The Hall–Kier alpha value is -2.16. The molecule has 0 radical (unpaired) electrons.